The van der Waals surface area contributed by atoms with Gasteiger partial charge in [-0.05, 0) is 49.3 Å². The van der Waals surface area contributed by atoms with Crippen LogP contribution >= 0.6 is 0 Å². The highest BCUT2D eigenvalue weighted by Crippen LogP contribution is 2.29. The molecule has 0 saturated heterocycles. The molecule has 2 heteroatoms. The van der Waals surface area contributed by atoms with Gasteiger partial charge in [0.15, 0.2) is 0 Å². The third kappa shape index (κ3) is 2.39. The van der Waals surface area contributed by atoms with Gasteiger partial charge in [0.05, 0.1) is 11.6 Å². The standard InChI is InChI=1S/C16H19NO/c18-14-5-3-4-12(11-14)10-13-8-9-17-16-7-2-1-6-15(13)16/h1-2,6-9,12,14,18H,3-5,10-11H2. The highest BCUT2D eigenvalue weighted by molar-refractivity contribution is 5.81. The minimum absolute atomic E-state index is 0.0862. The number of aliphatic hydroxyl groups is 1. The summed E-state index contributed by atoms with van der Waals surface area (Å²) in [5, 5.41) is 11.0. The molecule has 0 radical (unpaired) electrons. The van der Waals surface area contributed by atoms with Crippen LogP contribution in [-0.4, -0.2) is 16.2 Å². The minimum Gasteiger partial charge on any atom is -0.393 e. The molecule has 1 aliphatic carbocycles. The molecular formula is C16H19NO. The van der Waals surface area contributed by atoms with Crippen LogP contribution < -0.4 is 0 Å². The number of hydrogen-bond acceptors (Lipinski definition) is 2. The third-order valence-electron chi connectivity index (χ3n) is 4.00. The highest BCUT2D eigenvalue weighted by atomic mass is 16.3. The van der Waals surface area contributed by atoms with Crippen LogP contribution in [0.4, 0.5) is 0 Å². The van der Waals surface area contributed by atoms with Crippen LogP contribution in [0, 0.1) is 5.92 Å². The van der Waals surface area contributed by atoms with Gasteiger partial charge < -0.3 is 5.11 Å². The van der Waals surface area contributed by atoms with Gasteiger partial charge in [0.25, 0.3) is 0 Å². The molecule has 1 fully saturated rings. The molecule has 2 nitrogen and oxygen atoms in total. The Bertz CT molecular complexity index is 532. The fourth-order valence-electron chi connectivity index (χ4n) is 3.09. The van der Waals surface area contributed by atoms with Crippen molar-refractivity contribution in [2.75, 3.05) is 0 Å². The molecular weight excluding hydrogens is 222 g/mol. The van der Waals surface area contributed by atoms with Crippen LogP contribution in [0.25, 0.3) is 10.9 Å². The summed E-state index contributed by atoms with van der Waals surface area (Å²) < 4.78 is 0. The van der Waals surface area contributed by atoms with Crippen molar-refractivity contribution in [2.24, 2.45) is 5.92 Å². The van der Waals surface area contributed by atoms with E-state index < -0.39 is 0 Å². The summed E-state index contributed by atoms with van der Waals surface area (Å²) >= 11 is 0. The lowest BCUT2D eigenvalue weighted by atomic mass is 9.83. The molecule has 0 spiro atoms. The van der Waals surface area contributed by atoms with Crippen LogP contribution in [0.2, 0.25) is 0 Å². The van der Waals surface area contributed by atoms with Crippen molar-refractivity contribution in [3.63, 3.8) is 0 Å². The average Bonchev–Trinajstić information content (AvgIpc) is 2.39. The van der Waals surface area contributed by atoms with Crippen molar-refractivity contribution in [1.82, 2.24) is 4.98 Å². The second-order valence-electron chi connectivity index (χ2n) is 5.38. The number of aliphatic hydroxyl groups excluding tert-OH is 1. The zero-order valence-electron chi connectivity index (χ0n) is 10.5. The number of para-hydroxylation sites is 1. The normalized spacial score (nSPS) is 24.3. The van der Waals surface area contributed by atoms with Gasteiger partial charge in [0.2, 0.25) is 0 Å². The molecule has 2 unspecified atom stereocenters. The molecule has 2 aromatic rings. The van der Waals surface area contributed by atoms with Crippen molar-refractivity contribution in [1.29, 1.82) is 0 Å². The smallest absolute Gasteiger partial charge is 0.0704 e. The van der Waals surface area contributed by atoms with Gasteiger partial charge >= 0.3 is 0 Å². The predicted molar refractivity (Wildman–Crippen MR) is 73.4 cm³/mol. The first-order chi connectivity index (χ1) is 8.83. The molecule has 94 valence electrons. The van der Waals surface area contributed by atoms with Crippen LogP contribution in [0.1, 0.15) is 31.2 Å². The van der Waals surface area contributed by atoms with Gasteiger partial charge in [-0.25, -0.2) is 0 Å². The topological polar surface area (TPSA) is 33.1 Å². The number of pyridine rings is 1. The fraction of sp³-hybridized carbons (Fsp3) is 0.438. The Morgan fingerprint density at radius 3 is 2.94 bits per heavy atom. The average molecular weight is 241 g/mol. The summed E-state index contributed by atoms with van der Waals surface area (Å²) in [5.41, 5.74) is 2.45. The lowest BCUT2D eigenvalue weighted by Crippen LogP contribution is -2.21. The first kappa shape index (κ1) is 11.7. The molecule has 3 rings (SSSR count). The van der Waals surface area contributed by atoms with E-state index in [1.54, 1.807) is 0 Å². The molecule has 1 N–H and O–H groups in total. The summed E-state index contributed by atoms with van der Waals surface area (Å²) in [7, 11) is 0. The Morgan fingerprint density at radius 1 is 1.17 bits per heavy atom. The van der Waals surface area contributed by atoms with Crippen molar-refractivity contribution < 1.29 is 5.11 Å². The summed E-state index contributed by atoms with van der Waals surface area (Å²) in [4.78, 5) is 4.40. The molecule has 18 heavy (non-hydrogen) atoms. The lowest BCUT2D eigenvalue weighted by Gasteiger charge is -2.26. The van der Waals surface area contributed by atoms with Crippen molar-refractivity contribution in [3.8, 4) is 0 Å². The Morgan fingerprint density at radius 2 is 2.06 bits per heavy atom. The van der Waals surface area contributed by atoms with Crippen molar-refractivity contribution in [2.45, 2.75) is 38.2 Å². The molecule has 1 aliphatic rings. The van der Waals surface area contributed by atoms with Crippen LogP contribution in [-0.2, 0) is 6.42 Å². The minimum atomic E-state index is -0.0862. The maximum Gasteiger partial charge on any atom is 0.0704 e. The molecule has 2 atom stereocenters. The lowest BCUT2D eigenvalue weighted by molar-refractivity contribution is 0.101. The zero-order chi connectivity index (χ0) is 12.4. The highest BCUT2D eigenvalue weighted by Gasteiger charge is 2.20. The van der Waals surface area contributed by atoms with Gasteiger partial charge in [0, 0.05) is 11.6 Å². The van der Waals surface area contributed by atoms with E-state index in [4.69, 9.17) is 0 Å². The van der Waals surface area contributed by atoms with E-state index in [0.29, 0.717) is 5.92 Å². The Balaban J connectivity index is 1.86. The van der Waals surface area contributed by atoms with E-state index in [1.165, 1.54) is 17.4 Å². The van der Waals surface area contributed by atoms with E-state index in [2.05, 4.69) is 29.2 Å². The van der Waals surface area contributed by atoms with Crippen LogP contribution in [0.3, 0.4) is 0 Å². The molecule has 0 bridgehead atoms. The summed E-state index contributed by atoms with van der Waals surface area (Å²) in [5.74, 6) is 0.625. The van der Waals surface area contributed by atoms with Crippen LogP contribution in [0.5, 0.6) is 0 Å². The maximum absolute atomic E-state index is 9.76. The molecule has 0 aliphatic heterocycles. The largest absolute Gasteiger partial charge is 0.393 e. The van der Waals surface area contributed by atoms with Gasteiger partial charge in [-0.1, -0.05) is 24.6 Å². The van der Waals surface area contributed by atoms with Gasteiger partial charge in [0.1, 0.15) is 0 Å². The first-order valence-electron chi connectivity index (χ1n) is 6.83. The number of nitrogens with zero attached hydrogens (tertiary/aromatic N) is 1. The number of rotatable bonds is 2. The number of aromatic nitrogens is 1. The monoisotopic (exact) mass is 241 g/mol. The zero-order valence-corrected chi connectivity index (χ0v) is 10.5. The number of hydrogen-bond donors (Lipinski definition) is 1. The molecule has 1 saturated carbocycles. The summed E-state index contributed by atoms with van der Waals surface area (Å²) in [6.07, 6.45) is 7.22. The second kappa shape index (κ2) is 5.07. The first-order valence-corrected chi connectivity index (χ1v) is 6.83. The third-order valence-corrected chi connectivity index (χ3v) is 4.00. The molecule has 0 amide bonds. The molecule has 1 aromatic heterocycles. The van der Waals surface area contributed by atoms with E-state index in [1.807, 2.05) is 12.3 Å². The van der Waals surface area contributed by atoms with E-state index >= 15 is 0 Å². The summed E-state index contributed by atoms with van der Waals surface area (Å²) in [6, 6.07) is 10.4. The Labute approximate surface area is 108 Å². The second-order valence-corrected chi connectivity index (χ2v) is 5.38. The summed E-state index contributed by atoms with van der Waals surface area (Å²) in [6.45, 7) is 0. The Hall–Kier alpha value is -1.41. The number of fused-ring (bicyclic) bond motifs is 1. The van der Waals surface area contributed by atoms with E-state index in [0.717, 1.165) is 31.2 Å². The SMILES string of the molecule is OC1CCCC(Cc2ccnc3ccccc23)C1. The molecule has 1 aromatic carbocycles. The van der Waals surface area contributed by atoms with E-state index in [9.17, 15) is 5.11 Å². The van der Waals surface area contributed by atoms with Crippen molar-refractivity contribution in [3.05, 3.63) is 42.1 Å². The van der Waals surface area contributed by atoms with E-state index in [-0.39, 0.29) is 6.10 Å². The fourth-order valence-corrected chi connectivity index (χ4v) is 3.09. The molecule has 1 heterocycles. The predicted octanol–water partition coefficient (Wildman–Crippen LogP) is 3.33. The quantitative estimate of drug-likeness (QED) is 0.874. The Kier molecular flexibility index (Phi) is 3.28. The number of benzene rings is 1. The van der Waals surface area contributed by atoms with Gasteiger partial charge in [-0.15, -0.1) is 0 Å². The van der Waals surface area contributed by atoms with Gasteiger partial charge in [-0.3, -0.25) is 4.98 Å². The van der Waals surface area contributed by atoms with Gasteiger partial charge in [-0.2, -0.15) is 0 Å². The maximum atomic E-state index is 9.76. The van der Waals surface area contributed by atoms with Crippen molar-refractivity contribution >= 4 is 10.9 Å². The van der Waals surface area contributed by atoms with Crippen LogP contribution in [0.15, 0.2) is 36.5 Å².